The molecule has 0 aliphatic carbocycles. The molecule has 0 atom stereocenters. The molecule has 0 unspecified atom stereocenters. The fourth-order valence-corrected chi connectivity index (χ4v) is 7.85. The standard InChI is InChI=1S/C43H25NOS/c44-26-27-21-31(28-9-2-1-3-10-28)23-32(22-27)43-33(29-17-19-40-37(24-29)35-11-4-6-15-39(35)45-40)13-8-14-34(43)30-18-20-42-38(25-30)36-12-5-7-16-41(36)46-42/h1-25H. The highest BCUT2D eigenvalue weighted by atomic mass is 32.1. The van der Waals surface area contributed by atoms with Gasteiger partial charge in [0.15, 0.2) is 0 Å². The average Bonchev–Trinajstić information content (AvgIpc) is 3.69. The van der Waals surface area contributed by atoms with E-state index in [4.69, 9.17) is 4.42 Å². The minimum atomic E-state index is 0.632. The lowest BCUT2D eigenvalue weighted by Crippen LogP contribution is -1.93. The Morgan fingerprint density at radius 3 is 1.91 bits per heavy atom. The molecule has 0 spiro atoms. The Kier molecular flexibility index (Phi) is 6.09. The maximum Gasteiger partial charge on any atom is 0.135 e. The van der Waals surface area contributed by atoms with E-state index >= 15 is 0 Å². The third kappa shape index (κ3) is 4.31. The van der Waals surface area contributed by atoms with Gasteiger partial charge in [0.2, 0.25) is 0 Å². The normalized spacial score (nSPS) is 11.5. The number of para-hydroxylation sites is 1. The van der Waals surface area contributed by atoms with E-state index in [0.29, 0.717) is 5.56 Å². The molecule has 0 aliphatic rings. The Morgan fingerprint density at radius 1 is 0.435 bits per heavy atom. The van der Waals surface area contributed by atoms with Crippen LogP contribution in [0.15, 0.2) is 156 Å². The van der Waals surface area contributed by atoms with Gasteiger partial charge in [-0.3, -0.25) is 0 Å². The SMILES string of the molecule is N#Cc1cc(-c2ccccc2)cc(-c2c(-c3ccc4oc5ccccc5c4c3)cccc2-c2ccc3sc4ccccc4c3c2)c1. The summed E-state index contributed by atoms with van der Waals surface area (Å²) in [7, 11) is 0. The fourth-order valence-electron chi connectivity index (χ4n) is 6.77. The first-order chi connectivity index (χ1) is 22.7. The molecule has 2 heterocycles. The molecule has 0 amide bonds. The smallest absolute Gasteiger partial charge is 0.135 e. The second-order valence-corrected chi connectivity index (χ2v) is 12.7. The maximum atomic E-state index is 10.2. The van der Waals surface area contributed by atoms with Crippen LogP contribution in [0.4, 0.5) is 0 Å². The lowest BCUT2D eigenvalue weighted by Gasteiger charge is -2.18. The third-order valence-corrected chi connectivity index (χ3v) is 10.0. The van der Waals surface area contributed by atoms with Crippen LogP contribution in [0.1, 0.15) is 5.56 Å². The van der Waals surface area contributed by atoms with Gasteiger partial charge < -0.3 is 4.42 Å². The van der Waals surface area contributed by atoms with Crippen LogP contribution in [0.25, 0.3) is 86.6 Å². The molecule has 0 saturated carbocycles. The van der Waals surface area contributed by atoms with E-state index in [1.807, 2.05) is 53.8 Å². The Hall–Kier alpha value is -5.95. The van der Waals surface area contributed by atoms with Crippen molar-refractivity contribution in [1.29, 1.82) is 5.26 Å². The van der Waals surface area contributed by atoms with E-state index in [2.05, 4.69) is 115 Å². The Morgan fingerprint density at radius 2 is 1.09 bits per heavy atom. The van der Waals surface area contributed by atoms with Crippen molar-refractivity contribution in [3.63, 3.8) is 0 Å². The molecule has 0 saturated heterocycles. The summed E-state index contributed by atoms with van der Waals surface area (Å²) >= 11 is 1.83. The molecule has 9 aromatic rings. The van der Waals surface area contributed by atoms with Crippen LogP contribution < -0.4 is 0 Å². The highest BCUT2D eigenvalue weighted by molar-refractivity contribution is 7.25. The summed E-state index contributed by atoms with van der Waals surface area (Å²) in [6, 6.07) is 55.6. The highest BCUT2D eigenvalue weighted by Crippen LogP contribution is 2.44. The molecule has 7 aromatic carbocycles. The van der Waals surface area contributed by atoms with Crippen LogP contribution in [-0.2, 0) is 0 Å². The first kappa shape index (κ1) is 26.5. The van der Waals surface area contributed by atoms with Crippen molar-refractivity contribution in [2.24, 2.45) is 0 Å². The summed E-state index contributed by atoms with van der Waals surface area (Å²) < 4.78 is 8.75. The number of nitriles is 1. The van der Waals surface area contributed by atoms with Gasteiger partial charge in [-0.25, -0.2) is 0 Å². The van der Waals surface area contributed by atoms with Gasteiger partial charge >= 0.3 is 0 Å². The molecule has 9 rings (SSSR count). The maximum absolute atomic E-state index is 10.2. The molecule has 46 heavy (non-hydrogen) atoms. The van der Waals surface area contributed by atoms with E-state index < -0.39 is 0 Å². The van der Waals surface area contributed by atoms with Gasteiger partial charge in [-0.05, 0) is 99.1 Å². The summed E-state index contributed by atoms with van der Waals surface area (Å²) in [6.07, 6.45) is 0. The van der Waals surface area contributed by atoms with Gasteiger partial charge in [0.1, 0.15) is 11.2 Å². The number of nitrogens with zero attached hydrogens (tertiary/aromatic N) is 1. The van der Waals surface area contributed by atoms with Crippen molar-refractivity contribution in [3.8, 4) is 50.6 Å². The molecule has 0 fully saturated rings. The molecule has 2 nitrogen and oxygen atoms in total. The average molecular weight is 604 g/mol. The quantitative estimate of drug-likeness (QED) is 0.201. The summed E-state index contributed by atoms with van der Waals surface area (Å²) in [4.78, 5) is 0. The monoisotopic (exact) mass is 603 g/mol. The Bertz CT molecular complexity index is 2520. The number of thiophene rings is 1. The van der Waals surface area contributed by atoms with Crippen LogP contribution in [0.2, 0.25) is 0 Å². The van der Waals surface area contributed by atoms with Crippen LogP contribution >= 0.6 is 11.3 Å². The third-order valence-electron chi connectivity index (χ3n) is 8.90. The fraction of sp³-hybridized carbons (Fsp3) is 0. The zero-order valence-electron chi connectivity index (χ0n) is 24.7. The number of rotatable bonds is 4. The van der Waals surface area contributed by atoms with E-state index in [1.54, 1.807) is 0 Å². The molecule has 3 heteroatoms. The topological polar surface area (TPSA) is 36.9 Å². The molecule has 0 N–H and O–H groups in total. The van der Waals surface area contributed by atoms with Crippen molar-refractivity contribution in [2.45, 2.75) is 0 Å². The van der Waals surface area contributed by atoms with Gasteiger partial charge in [-0.1, -0.05) is 97.1 Å². The van der Waals surface area contributed by atoms with Gasteiger partial charge in [-0.15, -0.1) is 11.3 Å². The van der Waals surface area contributed by atoms with Gasteiger partial charge in [0.25, 0.3) is 0 Å². The second kappa shape index (κ2) is 10.6. The molecule has 214 valence electrons. The largest absolute Gasteiger partial charge is 0.456 e. The van der Waals surface area contributed by atoms with E-state index in [-0.39, 0.29) is 0 Å². The minimum absolute atomic E-state index is 0.632. The Labute approximate surface area is 270 Å². The molecule has 0 bridgehead atoms. The zero-order valence-corrected chi connectivity index (χ0v) is 25.5. The second-order valence-electron chi connectivity index (χ2n) is 11.6. The first-order valence-corrected chi connectivity index (χ1v) is 16.1. The van der Waals surface area contributed by atoms with Crippen molar-refractivity contribution < 1.29 is 4.42 Å². The van der Waals surface area contributed by atoms with Crippen molar-refractivity contribution in [2.75, 3.05) is 0 Å². The molecule has 0 radical (unpaired) electrons. The first-order valence-electron chi connectivity index (χ1n) is 15.3. The summed E-state index contributed by atoms with van der Waals surface area (Å²) in [5.74, 6) is 0. The number of hydrogen-bond acceptors (Lipinski definition) is 3. The minimum Gasteiger partial charge on any atom is -0.456 e. The Balaban J connectivity index is 1.34. The summed E-state index contributed by atoms with van der Waals surface area (Å²) in [5, 5.41) is 14.9. The van der Waals surface area contributed by atoms with Crippen LogP contribution in [-0.4, -0.2) is 0 Å². The summed E-state index contributed by atoms with van der Waals surface area (Å²) in [5.41, 5.74) is 11.1. The summed E-state index contributed by atoms with van der Waals surface area (Å²) in [6.45, 7) is 0. The number of fused-ring (bicyclic) bond motifs is 6. The van der Waals surface area contributed by atoms with Crippen LogP contribution in [0.5, 0.6) is 0 Å². The lowest BCUT2D eigenvalue weighted by atomic mass is 9.85. The predicted molar refractivity (Wildman–Crippen MR) is 193 cm³/mol. The van der Waals surface area contributed by atoms with Crippen molar-refractivity contribution in [1.82, 2.24) is 0 Å². The predicted octanol–water partition coefficient (Wildman–Crippen LogP) is 12.5. The van der Waals surface area contributed by atoms with Gasteiger partial charge in [0.05, 0.1) is 11.6 Å². The van der Waals surface area contributed by atoms with Gasteiger partial charge in [-0.2, -0.15) is 5.26 Å². The van der Waals surface area contributed by atoms with Crippen LogP contribution in [0.3, 0.4) is 0 Å². The van der Waals surface area contributed by atoms with E-state index in [9.17, 15) is 5.26 Å². The number of benzene rings is 7. The van der Waals surface area contributed by atoms with Crippen molar-refractivity contribution in [3.05, 3.63) is 157 Å². The highest BCUT2D eigenvalue weighted by Gasteiger charge is 2.18. The van der Waals surface area contributed by atoms with E-state index in [0.717, 1.165) is 66.4 Å². The van der Waals surface area contributed by atoms with Gasteiger partial charge in [0, 0.05) is 30.9 Å². The lowest BCUT2D eigenvalue weighted by molar-refractivity contribution is 0.669. The van der Waals surface area contributed by atoms with E-state index in [1.165, 1.54) is 20.2 Å². The molecular formula is C43H25NOS. The van der Waals surface area contributed by atoms with Crippen molar-refractivity contribution >= 4 is 53.4 Å². The number of hydrogen-bond donors (Lipinski definition) is 0. The zero-order chi connectivity index (χ0) is 30.6. The molecular weight excluding hydrogens is 579 g/mol. The molecule has 2 aromatic heterocycles. The van der Waals surface area contributed by atoms with Crippen LogP contribution in [0, 0.1) is 11.3 Å². The number of furan rings is 1. The molecule has 0 aliphatic heterocycles.